The van der Waals surface area contributed by atoms with E-state index in [0.717, 1.165) is 13.0 Å². The third-order valence-corrected chi connectivity index (χ3v) is 10.2. The van der Waals surface area contributed by atoms with Crippen molar-refractivity contribution < 1.29 is 4.43 Å². The van der Waals surface area contributed by atoms with Crippen molar-refractivity contribution in [2.45, 2.75) is 39.2 Å². The molecule has 2 aromatic carbocycles. The normalized spacial score (nSPS) is 14.0. The first-order valence-electron chi connectivity index (χ1n) is 8.97. The Morgan fingerprint density at radius 2 is 1.44 bits per heavy atom. The average molecular weight is 464 g/mol. The molecule has 0 aromatic heterocycles. The minimum Gasteiger partial charge on any atom is -0.407 e. The zero-order valence-electron chi connectivity index (χ0n) is 15.7. The van der Waals surface area contributed by atoms with Gasteiger partial charge in [-0.1, -0.05) is 117 Å². The van der Waals surface area contributed by atoms with Crippen LogP contribution in [0.5, 0.6) is 0 Å². The molecule has 3 heteroatoms. The van der Waals surface area contributed by atoms with E-state index >= 15 is 0 Å². The van der Waals surface area contributed by atoms with Crippen LogP contribution in [0.2, 0.25) is 5.04 Å². The zero-order chi connectivity index (χ0) is 18.3. The fraction of sp³-hybridized carbons (Fsp3) is 0.364. The second-order valence-electron chi connectivity index (χ2n) is 7.46. The van der Waals surface area contributed by atoms with Gasteiger partial charge in [0.1, 0.15) is 0 Å². The van der Waals surface area contributed by atoms with Gasteiger partial charge in [0.2, 0.25) is 0 Å². The smallest absolute Gasteiger partial charge is 0.261 e. The van der Waals surface area contributed by atoms with E-state index in [9.17, 15) is 0 Å². The summed E-state index contributed by atoms with van der Waals surface area (Å²) in [6.45, 7) is 9.98. The van der Waals surface area contributed by atoms with Crippen molar-refractivity contribution in [1.82, 2.24) is 0 Å². The number of benzene rings is 2. The van der Waals surface area contributed by atoms with Crippen LogP contribution in [0.15, 0.2) is 70.8 Å². The predicted octanol–water partition coefficient (Wildman–Crippen LogP) is 5.54. The van der Waals surface area contributed by atoms with E-state index in [0.29, 0.717) is 5.92 Å². The third-order valence-electron chi connectivity index (χ3n) is 4.80. The van der Waals surface area contributed by atoms with Crippen molar-refractivity contribution in [1.29, 1.82) is 0 Å². The molecule has 0 aliphatic heterocycles. The van der Waals surface area contributed by atoms with Crippen molar-refractivity contribution in [2.75, 3.05) is 6.61 Å². The van der Waals surface area contributed by atoms with E-state index in [4.69, 9.17) is 4.43 Å². The summed E-state index contributed by atoms with van der Waals surface area (Å²) in [5.74, 6) is 0.457. The van der Waals surface area contributed by atoms with Crippen LogP contribution in [0.4, 0.5) is 0 Å². The Bertz CT molecular complexity index is 622. The fourth-order valence-corrected chi connectivity index (χ4v) is 8.61. The van der Waals surface area contributed by atoms with Gasteiger partial charge in [-0.15, -0.1) is 0 Å². The highest BCUT2D eigenvalue weighted by molar-refractivity contribution is 14.1. The van der Waals surface area contributed by atoms with Crippen LogP contribution in [0.3, 0.4) is 0 Å². The van der Waals surface area contributed by atoms with Crippen molar-refractivity contribution in [3.8, 4) is 0 Å². The van der Waals surface area contributed by atoms with Crippen molar-refractivity contribution in [3.63, 3.8) is 0 Å². The molecular formula is C22H29IOSi. The monoisotopic (exact) mass is 464 g/mol. The number of hydrogen-bond acceptors (Lipinski definition) is 1. The molecule has 0 aliphatic rings. The van der Waals surface area contributed by atoms with Gasteiger partial charge in [-0.3, -0.25) is 0 Å². The lowest BCUT2D eigenvalue weighted by Gasteiger charge is -2.43. The van der Waals surface area contributed by atoms with Crippen molar-refractivity contribution >= 4 is 41.3 Å². The van der Waals surface area contributed by atoms with Gasteiger partial charge < -0.3 is 4.43 Å². The number of hydrogen-bond donors (Lipinski definition) is 0. The number of rotatable bonds is 7. The molecule has 0 heterocycles. The molecule has 0 fully saturated rings. The fourth-order valence-electron chi connectivity index (χ4n) is 3.41. The van der Waals surface area contributed by atoms with Gasteiger partial charge in [-0.05, 0) is 31.8 Å². The lowest BCUT2D eigenvalue weighted by atomic mass is 10.1. The maximum absolute atomic E-state index is 6.96. The highest BCUT2D eigenvalue weighted by Crippen LogP contribution is 2.37. The summed E-state index contributed by atoms with van der Waals surface area (Å²) in [7, 11) is -2.39. The van der Waals surface area contributed by atoms with Crippen molar-refractivity contribution in [2.24, 2.45) is 5.92 Å². The van der Waals surface area contributed by atoms with E-state index < -0.39 is 8.32 Å². The maximum Gasteiger partial charge on any atom is 0.261 e. The average Bonchev–Trinajstić information content (AvgIpc) is 2.62. The molecule has 0 saturated heterocycles. The molecule has 2 aromatic rings. The molecule has 1 nitrogen and oxygen atoms in total. The van der Waals surface area contributed by atoms with Gasteiger partial charge in [0, 0.05) is 6.61 Å². The maximum atomic E-state index is 6.96. The molecule has 134 valence electrons. The van der Waals surface area contributed by atoms with Gasteiger partial charge in [0.15, 0.2) is 0 Å². The Morgan fingerprint density at radius 1 is 0.960 bits per heavy atom. The Kier molecular flexibility index (Phi) is 7.46. The minimum absolute atomic E-state index is 0.0437. The van der Waals surface area contributed by atoms with Gasteiger partial charge >= 0.3 is 0 Å². The van der Waals surface area contributed by atoms with Crippen LogP contribution in [0, 0.1) is 5.92 Å². The van der Waals surface area contributed by atoms with E-state index in [-0.39, 0.29) is 5.04 Å². The quantitative estimate of drug-likeness (QED) is 0.386. The highest BCUT2D eigenvalue weighted by atomic mass is 127. The summed E-state index contributed by atoms with van der Waals surface area (Å²) in [5.41, 5.74) is 0. The van der Waals surface area contributed by atoms with E-state index in [1.807, 2.05) is 0 Å². The SMILES string of the molecule is CC[C@@H](/C=C/I)CO[Si](c1ccccc1)(c1ccccc1)C(C)(C)C. The van der Waals surface area contributed by atoms with Crippen LogP contribution in [-0.2, 0) is 4.43 Å². The summed E-state index contributed by atoms with van der Waals surface area (Å²) in [6, 6.07) is 21.7. The van der Waals surface area contributed by atoms with Crippen molar-refractivity contribution in [3.05, 3.63) is 70.8 Å². The largest absolute Gasteiger partial charge is 0.407 e. The molecule has 1 atom stereocenters. The minimum atomic E-state index is -2.39. The summed E-state index contributed by atoms with van der Waals surface area (Å²) < 4.78 is 9.07. The van der Waals surface area contributed by atoms with E-state index in [2.05, 4.69) is 121 Å². The molecule has 0 N–H and O–H groups in total. The molecule has 0 aliphatic carbocycles. The molecule has 0 radical (unpaired) electrons. The lowest BCUT2D eigenvalue weighted by molar-refractivity contribution is 0.256. The molecule has 0 spiro atoms. The Labute approximate surface area is 167 Å². The second kappa shape index (κ2) is 9.15. The Balaban J connectivity index is 2.56. The first kappa shape index (κ1) is 20.4. The van der Waals surface area contributed by atoms with E-state index in [1.54, 1.807) is 0 Å². The first-order chi connectivity index (χ1) is 12.0. The highest BCUT2D eigenvalue weighted by Gasteiger charge is 2.50. The van der Waals surface area contributed by atoms with Gasteiger partial charge in [0.25, 0.3) is 8.32 Å². The molecule has 2 rings (SSSR count). The molecule has 0 bridgehead atoms. The molecule has 0 amide bonds. The van der Waals surface area contributed by atoms with Crippen LogP contribution in [-0.4, -0.2) is 14.9 Å². The third kappa shape index (κ3) is 4.63. The van der Waals surface area contributed by atoms with Gasteiger partial charge in [-0.25, -0.2) is 0 Å². The van der Waals surface area contributed by atoms with E-state index in [1.165, 1.54) is 10.4 Å². The Hall–Kier alpha value is -0.913. The summed E-state index contributed by atoms with van der Waals surface area (Å²) in [6.07, 6.45) is 3.36. The molecule has 0 unspecified atom stereocenters. The standard InChI is InChI=1S/C22H29IOSi/c1-5-19(16-17-23)18-24-25(22(2,3)4,20-12-8-6-9-13-20)21-14-10-7-11-15-21/h6-17,19H,5,18H2,1-4H3/b17-16+/t19-/m0/s1. The number of halogens is 1. The molecular weight excluding hydrogens is 435 g/mol. The van der Waals surface area contributed by atoms with Crippen LogP contribution < -0.4 is 10.4 Å². The topological polar surface area (TPSA) is 9.23 Å². The van der Waals surface area contributed by atoms with Crippen LogP contribution in [0.25, 0.3) is 0 Å². The lowest BCUT2D eigenvalue weighted by Crippen LogP contribution is -2.66. The predicted molar refractivity (Wildman–Crippen MR) is 121 cm³/mol. The molecule has 25 heavy (non-hydrogen) atoms. The first-order valence-corrected chi connectivity index (χ1v) is 12.1. The zero-order valence-corrected chi connectivity index (χ0v) is 18.9. The summed E-state index contributed by atoms with van der Waals surface area (Å²) in [5, 5.41) is 2.74. The molecule has 0 saturated carbocycles. The van der Waals surface area contributed by atoms with Gasteiger partial charge in [-0.2, -0.15) is 0 Å². The second-order valence-corrected chi connectivity index (χ2v) is 12.5. The Morgan fingerprint density at radius 3 is 1.80 bits per heavy atom. The van der Waals surface area contributed by atoms with Crippen LogP contribution in [0.1, 0.15) is 34.1 Å². The summed E-state index contributed by atoms with van der Waals surface area (Å²) >= 11 is 2.30. The summed E-state index contributed by atoms with van der Waals surface area (Å²) in [4.78, 5) is 0. The van der Waals surface area contributed by atoms with Crippen LogP contribution >= 0.6 is 22.6 Å². The van der Waals surface area contributed by atoms with Gasteiger partial charge in [0.05, 0.1) is 0 Å².